The Morgan fingerprint density at radius 2 is 2.10 bits per heavy atom. The van der Waals surface area contributed by atoms with Gasteiger partial charge in [0.1, 0.15) is 0 Å². The van der Waals surface area contributed by atoms with Crippen molar-refractivity contribution in [1.29, 1.82) is 0 Å². The van der Waals surface area contributed by atoms with Crippen LogP contribution >= 0.6 is 0 Å². The second-order valence-electron chi connectivity index (χ2n) is 4.54. The molecule has 0 aliphatic carbocycles. The standard InChI is InChI=1S/C12H17N5O2S/c1-3-20(18,19)7-6-17-12(14-15-16-17)11-8-10(13)5-4-9(11)2/h4-5,8H,3,6-7,13H2,1-2H3. The van der Waals surface area contributed by atoms with Crippen LogP contribution in [0.1, 0.15) is 12.5 Å². The molecule has 2 aromatic rings. The Morgan fingerprint density at radius 3 is 2.80 bits per heavy atom. The molecule has 2 N–H and O–H groups in total. The quantitative estimate of drug-likeness (QED) is 0.813. The van der Waals surface area contributed by atoms with Crippen LogP contribution in [0.4, 0.5) is 5.69 Å². The molecule has 20 heavy (non-hydrogen) atoms. The number of aryl methyl sites for hydroxylation is 2. The van der Waals surface area contributed by atoms with Gasteiger partial charge in [0.2, 0.25) is 0 Å². The van der Waals surface area contributed by atoms with Crippen LogP contribution in [0.2, 0.25) is 0 Å². The molecule has 0 saturated carbocycles. The van der Waals surface area contributed by atoms with E-state index in [-0.39, 0.29) is 18.1 Å². The third-order valence-corrected chi connectivity index (χ3v) is 4.77. The average Bonchev–Trinajstić information content (AvgIpc) is 2.87. The lowest BCUT2D eigenvalue weighted by Crippen LogP contribution is -2.16. The van der Waals surface area contributed by atoms with Crippen molar-refractivity contribution in [1.82, 2.24) is 20.2 Å². The lowest BCUT2D eigenvalue weighted by Gasteiger charge is -2.08. The van der Waals surface area contributed by atoms with E-state index >= 15 is 0 Å². The molecule has 0 saturated heterocycles. The molecule has 7 nitrogen and oxygen atoms in total. The van der Waals surface area contributed by atoms with E-state index in [4.69, 9.17) is 5.73 Å². The molecule has 0 atom stereocenters. The molecule has 0 spiro atoms. The zero-order chi connectivity index (χ0) is 14.8. The highest BCUT2D eigenvalue weighted by Gasteiger charge is 2.14. The Hall–Kier alpha value is -1.96. The predicted octanol–water partition coefficient (Wildman–Crippen LogP) is 0.665. The summed E-state index contributed by atoms with van der Waals surface area (Å²) in [5.41, 5.74) is 8.18. The van der Waals surface area contributed by atoms with Gasteiger partial charge in [-0.25, -0.2) is 13.1 Å². The highest BCUT2D eigenvalue weighted by molar-refractivity contribution is 7.91. The summed E-state index contributed by atoms with van der Waals surface area (Å²) in [6.45, 7) is 3.78. The Bertz CT molecular complexity index is 708. The van der Waals surface area contributed by atoms with Crippen molar-refractivity contribution >= 4 is 15.5 Å². The van der Waals surface area contributed by atoms with Crippen molar-refractivity contribution in [2.24, 2.45) is 0 Å². The van der Waals surface area contributed by atoms with E-state index in [1.54, 1.807) is 19.1 Å². The number of rotatable bonds is 5. The molecule has 0 aliphatic heterocycles. The molecule has 0 fully saturated rings. The summed E-state index contributed by atoms with van der Waals surface area (Å²) in [5.74, 6) is 0.658. The highest BCUT2D eigenvalue weighted by atomic mass is 32.2. The van der Waals surface area contributed by atoms with Crippen LogP contribution in [-0.4, -0.2) is 40.1 Å². The summed E-state index contributed by atoms with van der Waals surface area (Å²) in [6.07, 6.45) is 0. The van der Waals surface area contributed by atoms with Crippen molar-refractivity contribution in [3.05, 3.63) is 23.8 Å². The smallest absolute Gasteiger partial charge is 0.182 e. The predicted molar refractivity (Wildman–Crippen MR) is 76.7 cm³/mol. The Balaban J connectivity index is 2.31. The number of hydrogen-bond donors (Lipinski definition) is 1. The van der Waals surface area contributed by atoms with Gasteiger partial charge in [0.15, 0.2) is 15.7 Å². The van der Waals surface area contributed by atoms with Crippen LogP contribution in [0.15, 0.2) is 18.2 Å². The topological polar surface area (TPSA) is 104 Å². The number of sulfone groups is 1. The molecule has 2 rings (SSSR count). The van der Waals surface area contributed by atoms with Gasteiger partial charge >= 0.3 is 0 Å². The molecule has 8 heteroatoms. The third-order valence-electron chi connectivity index (χ3n) is 3.09. The summed E-state index contributed by atoms with van der Waals surface area (Å²) in [6, 6.07) is 5.47. The van der Waals surface area contributed by atoms with Gasteiger partial charge in [0.25, 0.3) is 0 Å². The first-order valence-corrected chi connectivity index (χ1v) is 8.08. The number of nitrogens with two attached hydrogens (primary N) is 1. The van der Waals surface area contributed by atoms with E-state index in [9.17, 15) is 8.42 Å². The third kappa shape index (κ3) is 3.13. The normalized spacial score (nSPS) is 11.7. The van der Waals surface area contributed by atoms with Gasteiger partial charge in [0.05, 0.1) is 12.3 Å². The highest BCUT2D eigenvalue weighted by Crippen LogP contribution is 2.23. The van der Waals surface area contributed by atoms with E-state index in [0.717, 1.165) is 11.1 Å². The maximum Gasteiger partial charge on any atom is 0.182 e. The van der Waals surface area contributed by atoms with Crippen LogP contribution in [0.25, 0.3) is 11.4 Å². The lowest BCUT2D eigenvalue weighted by molar-refractivity contribution is 0.577. The van der Waals surface area contributed by atoms with Gasteiger partial charge in [-0.3, -0.25) is 0 Å². The van der Waals surface area contributed by atoms with Gasteiger partial charge in [0, 0.05) is 17.0 Å². The molecular formula is C12H17N5O2S. The van der Waals surface area contributed by atoms with Crippen LogP contribution in [0, 0.1) is 6.92 Å². The van der Waals surface area contributed by atoms with Gasteiger partial charge in [-0.05, 0) is 35.0 Å². The summed E-state index contributed by atoms with van der Waals surface area (Å²) >= 11 is 0. The minimum atomic E-state index is -3.05. The second kappa shape index (κ2) is 5.58. The molecule has 0 radical (unpaired) electrons. The first-order valence-electron chi connectivity index (χ1n) is 6.26. The zero-order valence-corrected chi connectivity index (χ0v) is 12.3. The number of nitrogens with zero attached hydrogens (tertiary/aromatic N) is 4. The Morgan fingerprint density at radius 1 is 1.35 bits per heavy atom. The fraction of sp³-hybridized carbons (Fsp3) is 0.417. The summed E-state index contributed by atoms with van der Waals surface area (Å²) in [7, 11) is -3.05. The van der Waals surface area contributed by atoms with Crippen molar-refractivity contribution in [3.63, 3.8) is 0 Å². The summed E-state index contributed by atoms with van der Waals surface area (Å²) in [5, 5.41) is 11.4. The molecule has 1 heterocycles. The average molecular weight is 295 g/mol. The monoisotopic (exact) mass is 295 g/mol. The minimum absolute atomic E-state index is 0.0168. The number of tetrazole rings is 1. The first kappa shape index (κ1) is 14.4. The number of anilines is 1. The van der Waals surface area contributed by atoms with Crippen molar-refractivity contribution in [2.45, 2.75) is 20.4 Å². The summed E-state index contributed by atoms with van der Waals surface area (Å²) in [4.78, 5) is 0. The molecule has 1 aromatic carbocycles. The molecular weight excluding hydrogens is 278 g/mol. The van der Waals surface area contributed by atoms with Crippen LogP contribution < -0.4 is 5.73 Å². The fourth-order valence-corrected chi connectivity index (χ4v) is 2.54. The lowest BCUT2D eigenvalue weighted by atomic mass is 10.1. The van der Waals surface area contributed by atoms with Gasteiger partial charge in [-0.2, -0.15) is 0 Å². The Labute approximate surface area is 117 Å². The molecule has 0 aliphatic rings. The van der Waals surface area contributed by atoms with Crippen molar-refractivity contribution in [3.8, 4) is 11.4 Å². The van der Waals surface area contributed by atoms with Crippen molar-refractivity contribution < 1.29 is 8.42 Å². The number of hydrogen-bond acceptors (Lipinski definition) is 6. The molecule has 0 amide bonds. The molecule has 0 bridgehead atoms. The fourth-order valence-electron chi connectivity index (χ4n) is 1.80. The number of nitrogen functional groups attached to an aromatic ring is 1. The maximum atomic E-state index is 11.6. The minimum Gasteiger partial charge on any atom is -0.399 e. The van der Waals surface area contributed by atoms with E-state index < -0.39 is 9.84 Å². The number of aromatic nitrogens is 4. The van der Waals surface area contributed by atoms with E-state index in [0.29, 0.717) is 11.5 Å². The SMILES string of the molecule is CCS(=O)(=O)CCn1nnnc1-c1cc(N)ccc1C. The van der Waals surface area contributed by atoms with E-state index in [1.165, 1.54) is 4.68 Å². The number of benzene rings is 1. The van der Waals surface area contributed by atoms with Gasteiger partial charge in [-0.15, -0.1) is 5.10 Å². The first-order chi connectivity index (χ1) is 9.43. The molecule has 1 aromatic heterocycles. The zero-order valence-electron chi connectivity index (χ0n) is 11.4. The van der Waals surface area contributed by atoms with E-state index in [2.05, 4.69) is 15.5 Å². The van der Waals surface area contributed by atoms with Crippen LogP contribution in [0.3, 0.4) is 0 Å². The summed E-state index contributed by atoms with van der Waals surface area (Å²) < 4.78 is 24.6. The Kier molecular flexibility index (Phi) is 4.03. The van der Waals surface area contributed by atoms with Crippen LogP contribution in [-0.2, 0) is 16.4 Å². The van der Waals surface area contributed by atoms with Gasteiger partial charge in [-0.1, -0.05) is 13.0 Å². The largest absolute Gasteiger partial charge is 0.399 e. The van der Waals surface area contributed by atoms with Crippen LogP contribution in [0.5, 0.6) is 0 Å². The maximum absolute atomic E-state index is 11.6. The molecule has 0 unspecified atom stereocenters. The van der Waals surface area contributed by atoms with Gasteiger partial charge < -0.3 is 5.73 Å². The van der Waals surface area contributed by atoms with E-state index in [1.807, 2.05) is 13.0 Å². The second-order valence-corrected chi connectivity index (χ2v) is 7.01. The molecule has 108 valence electrons. The van der Waals surface area contributed by atoms with Crippen molar-refractivity contribution in [2.75, 3.05) is 17.2 Å².